The topological polar surface area (TPSA) is 50.2 Å². The minimum Gasteiger partial charge on any atom is -0.478 e. The number of rotatable bonds is 1. The number of aromatic nitrogens is 1. The van der Waals surface area contributed by atoms with Crippen LogP contribution in [0.5, 0.6) is 0 Å². The molecule has 2 rings (SSSR count). The average Bonchev–Trinajstić information content (AvgIpc) is 2.18. The number of carbonyl (C=O) groups is 1. The van der Waals surface area contributed by atoms with Gasteiger partial charge in [0.05, 0.1) is 15.6 Å². The van der Waals surface area contributed by atoms with Crippen molar-refractivity contribution in [3.8, 4) is 0 Å². The molecule has 3 nitrogen and oxygen atoms in total. The number of benzene rings is 1. The van der Waals surface area contributed by atoms with Gasteiger partial charge in [-0.3, -0.25) is 4.98 Å². The minimum atomic E-state index is -1.11. The van der Waals surface area contributed by atoms with Gasteiger partial charge in [-0.25, -0.2) is 4.79 Å². The van der Waals surface area contributed by atoms with Gasteiger partial charge in [0.2, 0.25) is 0 Å². The van der Waals surface area contributed by atoms with Crippen molar-refractivity contribution in [2.75, 3.05) is 0 Å². The lowest BCUT2D eigenvalue weighted by molar-refractivity contribution is 0.0699. The van der Waals surface area contributed by atoms with E-state index in [0.717, 1.165) is 5.56 Å². The van der Waals surface area contributed by atoms with Crippen molar-refractivity contribution in [1.29, 1.82) is 0 Å². The highest BCUT2D eigenvalue weighted by Crippen LogP contribution is 2.31. The molecule has 0 amide bonds. The summed E-state index contributed by atoms with van der Waals surface area (Å²) < 4.78 is 0. The lowest BCUT2D eigenvalue weighted by atomic mass is 10.1. The molecule has 0 fully saturated rings. The molecule has 0 saturated heterocycles. The Labute approximate surface area is 102 Å². The lowest BCUT2D eigenvalue weighted by Crippen LogP contribution is -2.01. The van der Waals surface area contributed by atoms with Crippen LogP contribution in [0.4, 0.5) is 0 Å². The summed E-state index contributed by atoms with van der Waals surface area (Å²) in [5.74, 6) is -1.11. The number of fused-ring (bicyclic) bond motifs is 1. The maximum Gasteiger partial charge on any atom is 0.339 e. The summed E-state index contributed by atoms with van der Waals surface area (Å²) in [6, 6.07) is 3.21. The quantitative estimate of drug-likeness (QED) is 0.848. The first kappa shape index (κ1) is 11.2. The largest absolute Gasteiger partial charge is 0.478 e. The van der Waals surface area contributed by atoms with Gasteiger partial charge in [0.15, 0.2) is 0 Å². The smallest absolute Gasteiger partial charge is 0.339 e. The second-order valence-electron chi connectivity index (χ2n) is 3.43. The summed E-state index contributed by atoms with van der Waals surface area (Å²) in [7, 11) is 0. The number of nitrogens with zero attached hydrogens (tertiary/aromatic N) is 1. The van der Waals surface area contributed by atoms with Crippen molar-refractivity contribution >= 4 is 40.1 Å². The third-order valence-corrected chi connectivity index (χ3v) is 2.84. The number of carboxylic acids is 1. The minimum absolute atomic E-state index is 0.0129. The average molecular weight is 256 g/mol. The van der Waals surface area contributed by atoms with Crippen LogP contribution >= 0.6 is 23.2 Å². The summed E-state index contributed by atoms with van der Waals surface area (Å²) in [5.41, 5.74) is 1.21. The van der Waals surface area contributed by atoms with Gasteiger partial charge in [-0.2, -0.15) is 0 Å². The maximum atomic E-state index is 11.1. The zero-order chi connectivity index (χ0) is 11.9. The zero-order valence-corrected chi connectivity index (χ0v) is 9.80. The van der Waals surface area contributed by atoms with Crippen molar-refractivity contribution in [1.82, 2.24) is 4.98 Å². The lowest BCUT2D eigenvalue weighted by Gasteiger charge is -2.06. The molecule has 0 radical (unpaired) electrons. The van der Waals surface area contributed by atoms with Crippen LogP contribution in [-0.4, -0.2) is 16.1 Å². The number of halogens is 2. The predicted octanol–water partition coefficient (Wildman–Crippen LogP) is 3.55. The molecule has 2 aromatic rings. The van der Waals surface area contributed by atoms with Crippen LogP contribution in [0.15, 0.2) is 18.3 Å². The SMILES string of the molecule is Cc1cnc2c(C(=O)O)c(Cl)cc(Cl)c2c1. The normalized spacial score (nSPS) is 10.7. The van der Waals surface area contributed by atoms with Crippen LogP contribution in [0.3, 0.4) is 0 Å². The summed E-state index contributed by atoms with van der Waals surface area (Å²) >= 11 is 11.8. The molecule has 0 bridgehead atoms. The molecule has 82 valence electrons. The Morgan fingerprint density at radius 2 is 2.00 bits per heavy atom. The second-order valence-corrected chi connectivity index (χ2v) is 4.24. The molecule has 1 heterocycles. The highest BCUT2D eigenvalue weighted by Gasteiger charge is 2.17. The molecule has 0 unspecified atom stereocenters. The Morgan fingerprint density at radius 3 is 2.62 bits per heavy atom. The molecule has 1 aromatic carbocycles. The summed E-state index contributed by atoms with van der Waals surface area (Å²) in [6.07, 6.45) is 1.58. The van der Waals surface area contributed by atoms with Crippen LogP contribution in [0.25, 0.3) is 10.9 Å². The van der Waals surface area contributed by atoms with Gasteiger partial charge in [-0.15, -0.1) is 0 Å². The second kappa shape index (κ2) is 3.92. The van der Waals surface area contributed by atoms with Crippen molar-refractivity contribution < 1.29 is 9.90 Å². The van der Waals surface area contributed by atoms with E-state index in [-0.39, 0.29) is 10.6 Å². The Bertz CT molecular complexity index is 596. The molecule has 5 heteroatoms. The van der Waals surface area contributed by atoms with E-state index in [9.17, 15) is 4.79 Å². The molecule has 0 aliphatic rings. The predicted molar refractivity (Wildman–Crippen MR) is 63.5 cm³/mol. The van der Waals surface area contributed by atoms with Crippen molar-refractivity contribution in [2.24, 2.45) is 0 Å². The molecular formula is C11H7Cl2NO2. The molecule has 0 atom stereocenters. The van der Waals surface area contributed by atoms with E-state index in [1.807, 2.05) is 6.92 Å². The molecule has 0 aliphatic carbocycles. The van der Waals surface area contributed by atoms with Gasteiger partial charge < -0.3 is 5.11 Å². The van der Waals surface area contributed by atoms with Gasteiger partial charge in [0, 0.05) is 11.6 Å². The fraction of sp³-hybridized carbons (Fsp3) is 0.0909. The van der Waals surface area contributed by atoms with Crippen LogP contribution in [0.1, 0.15) is 15.9 Å². The van der Waals surface area contributed by atoms with Gasteiger partial charge in [-0.1, -0.05) is 23.2 Å². The van der Waals surface area contributed by atoms with Crippen LogP contribution in [0.2, 0.25) is 10.0 Å². The van der Waals surface area contributed by atoms with E-state index in [1.54, 1.807) is 12.3 Å². The first-order valence-corrected chi connectivity index (χ1v) is 5.24. The number of pyridine rings is 1. The number of aromatic carboxylic acids is 1. The van der Waals surface area contributed by atoms with Gasteiger partial charge >= 0.3 is 5.97 Å². The van der Waals surface area contributed by atoms with Gasteiger partial charge in [-0.05, 0) is 24.6 Å². The highest BCUT2D eigenvalue weighted by molar-refractivity contribution is 6.40. The molecule has 0 aliphatic heterocycles. The Morgan fingerprint density at radius 1 is 1.31 bits per heavy atom. The van der Waals surface area contributed by atoms with E-state index in [2.05, 4.69) is 4.98 Å². The standard InChI is InChI=1S/C11H7Cl2NO2/c1-5-2-6-7(12)3-8(13)9(11(15)16)10(6)14-4-5/h2-4H,1H3,(H,15,16). The summed E-state index contributed by atoms with van der Waals surface area (Å²) in [6.45, 7) is 1.86. The van der Waals surface area contributed by atoms with Crippen molar-refractivity contribution in [3.63, 3.8) is 0 Å². The Hall–Kier alpha value is -1.32. The number of aryl methyl sites for hydroxylation is 1. The van der Waals surface area contributed by atoms with E-state index >= 15 is 0 Å². The molecule has 16 heavy (non-hydrogen) atoms. The molecule has 0 spiro atoms. The first-order valence-electron chi connectivity index (χ1n) is 4.48. The molecule has 0 saturated carbocycles. The third-order valence-electron chi connectivity index (χ3n) is 2.22. The number of hydrogen-bond donors (Lipinski definition) is 1. The van der Waals surface area contributed by atoms with Crippen LogP contribution in [-0.2, 0) is 0 Å². The Balaban J connectivity index is 2.95. The van der Waals surface area contributed by atoms with Crippen molar-refractivity contribution in [3.05, 3.63) is 39.5 Å². The monoisotopic (exact) mass is 255 g/mol. The van der Waals surface area contributed by atoms with Gasteiger partial charge in [0.1, 0.15) is 5.56 Å². The Kier molecular flexibility index (Phi) is 2.74. The van der Waals surface area contributed by atoms with Crippen LogP contribution < -0.4 is 0 Å². The fourth-order valence-electron chi connectivity index (χ4n) is 1.53. The van der Waals surface area contributed by atoms with E-state index in [0.29, 0.717) is 15.9 Å². The van der Waals surface area contributed by atoms with E-state index in [4.69, 9.17) is 28.3 Å². The van der Waals surface area contributed by atoms with Crippen LogP contribution in [0, 0.1) is 6.92 Å². The zero-order valence-electron chi connectivity index (χ0n) is 8.29. The molecule has 1 N–H and O–H groups in total. The van der Waals surface area contributed by atoms with E-state index in [1.165, 1.54) is 6.07 Å². The summed E-state index contributed by atoms with van der Waals surface area (Å²) in [4.78, 5) is 15.1. The first-order chi connectivity index (χ1) is 7.50. The maximum absolute atomic E-state index is 11.1. The number of hydrogen-bond acceptors (Lipinski definition) is 2. The fourth-order valence-corrected chi connectivity index (χ4v) is 2.12. The number of carboxylic acid groups (broad SMARTS) is 1. The molecular weight excluding hydrogens is 249 g/mol. The third kappa shape index (κ3) is 1.72. The van der Waals surface area contributed by atoms with Gasteiger partial charge in [0.25, 0.3) is 0 Å². The summed E-state index contributed by atoms with van der Waals surface area (Å²) in [5, 5.41) is 10.2. The van der Waals surface area contributed by atoms with Crippen molar-refractivity contribution in [2.45, 2.75) is 6.92 Å². The van der Waals surface area contributed by atoms with E-state index < -0.39 is 5.97 Å². The molecule has 1 aromatic heterocycles. The highest BCUT2D eigenvalue weighted by atomic mass is 35.5.